The van der Waals surface area contributed by atoms with Crippen molar-refractivity contribution in [3.63, 3.8) is 0 Å². The maximum absolute atomic E-state index is 9.41. The lowest BCUT2D eigenvalue weighted by atomic mass is 10.5. The molecule has 1 N–H and O–H groups in total. The lowest BCUT2D eigenvalue weighted by Gasteiger charge is -2.05. The molecule has 1 unspecified atom stereocenters. The van der Waals surface area contributed by atoms with E-state index in [9.17, 15) is 5.11 Å². The van der Waals surface area contributed by atoms with Crippen LogP contribution in [0, 0.1) is 3.83 Å². The normalized spacial score (nSPS) is 13.4. The van der Waals surface area contributed by atoms with Crippen LogP contribution in [0.2, 0.25) is 5.15 Å². The largest absolute Gasteiger partial charge is 0.373 e. The quantitative estimate of drug-likeness (QED) is 0.492. The second kappa shape index (κ2) is 3.59. The minimum absolute atomic E-state index is 0.304. The van der Waals surface area contributed by atoms with Crippen molar-refractivity contribution in [3.05, 3.63) is 15.3 Å². The van der Waals surface area contributed by atoms with Crippen molar-refractivity contribution in [1.29, 1.82) is 0 Å². The van der Waals surface area contributed by atoms with E-state index >= 15 is 0 Å². The molecule has 0 aromatic carbocycles. The van der Waals surface area contributed by atoms with Gasteiger partial charge in [-0.1, -0.05) is 11.6 Å². The van der Waals surface area contributed by atoms with E-state index in [1.165, 1.54) is 10.9 Å². The molecule has 0 aliphatic heterocycles. The van der Waals surface area contributed by atoms with Crippen LogP contribution in [0.15, 0.2) is 6.33 Å². The summed E-state index contributed by atoms with van der Waals surface area (Å²) >= 11 is 7.83. The van der Waals surface area contributed by atoms with Gasteiger partial charge in [0.1, 0.15) is 11.7 Å². The molecule has 14 heavy (non-hydrogen) atoms. The van der Waals surface area contributed by atoms with Gasteiger partial charge in [0.25, 0.3) is 0 Å². The van der Waals surface area contributed by atoms with E-state index in [0.29, 0.717) is 20.1 Å². The van der Waals surface area contributed by atoms with E-state index in [-0.39, 0.29) is 0 Å². The average Bonchev–Trinajstić information content (AvgIpc) is 2.47. The summed E-state index contributed by atoms with van der Waals surface area (Å²) in [5.41, 5.74) is 1.05. The zero-order valence-electron chi connectivity index (χ0n) is 7.15. The zero-order valence-corrected chi connectivity index (χ0v) is 10.1. The van der Waals surface area contributed by atoms with Crippen LogP contribution in [-0.2, 0) is 0 Å². The third kappa shape index (κ3) is 1.57. The second-order valence-electron chi connectivity index (χ2n) is 2.74. The first-order chi connectivity index (χ1) is 6.59. The Balaban J connectivity index is 2.78. The predicted octanol–water partition coefficient (Wildman–Crippen LogP) is 1.60. The van der Waals surface area contributed by atoms with Crippen LogP contribution in [0.4, 0.5) is 0 Å². The lowest BCUT2D eigenvalue weighted by Crippen LogP contribution is -2.03. The molecule has 0 radical (unpaired) electrons. The van der Waals surface area contributed by atoms with Crippen LogP contribution in [0.3, 0.4) is 0 Å². The van der Waals surface area contributed by atoms with Gasteiger partial charge in [-0.3, -0.25) is 4.57 Å². The molecule has 74 valence electrons. The number of hydrogen-bond donors (Lipinski definition) is 1. The number of aromatic nitrogens is 4. The molecule has 0 amide bonds. The summed E-state index contributed by atoms with van der Waals surface area (Å²) in [6, 6.07) is 0. The molecule has 0 saturated carbocycles. The maximum atomic E-state index is 9.41. The summed E-state index contributed by atoms with van der Waals surface area (Å²) in [5, 5.41) is 9.71. The molecule has 0 fully saturated rings. The first-order valence-corrected chi connectivity index (χ1v) is 5.29. The van der Waals surface area contributed by atoms with Crippen LogP contribution >= 0.6 is 34.2 Å². The fourth-order valence-electron chi connectivity index (χ4n) is 1.13. The van der Waals surface area contributed by atoms with Gasteiger partial charge in [0.15, 0.2) is 14.6 Å². The summed E-state index contributed by atoms with van der Waals surface area (Å²) in [5.74, 6) is 0. The second-order valence-corrected chi connectivity index (χ2v) is 4.06. The minimum Gasteiger partial charge on any atom is -0.373 e. The van der Waals surface area contributed by atoms with Crippen molar-refractivity contribution in [1.82, 2.24) is 19.5 Å². The SMILES string of the molecule is CC(O)n1cnc2c(Cl)nc(I)nc21. The number of hydrogen-bond acceptors (Lipinski definition) is 4. The minimum atomic E-state index is -0.679. The van der Waals surface area contributed by atoms with Crippen LogP contribution in [-0.4, -0.2) is 24.6 Å². The molecule has 2 aromatic rings. The van der Waals surface area contributed by atoms with Gasteiger partial charge in [-0.25, -0.2) is 15.0 Å². The molecule has 2 aromatic heterocycles. The fourth-order valence-corrected chi connectivity index (χ4v) is 1.96. The monoisotopic (exact) mass is 324 g/mol. The summed E-state index contributed by atoms with van der Waals surface area (Å²) in [4.78, 5) is 12.1. The van der Waals surface area contributed by atoms with E-state index in [1.807, 2.05) is 22.6 Å². The number of nitrogens with zero attached hydrogens (tertiary/aromatic N) is 4. The van der Waals surface area contributed by atoms with Gasteiger partial charge in [0, 0.05) is 22.6 Å². The molecule has 0 spiro atoms. The number of fused-ring (bicyclic) bond motifs is 1. The average molecular weight is 325 g/mol. The van der Waals surface area contributed by atoms with E-state index < -0.39 is 6.23 Å². The molecule has 0 aliphatic rings. The van der Waals surface area contributed by atoms with Crippen LogP contribution in [0.5, 0.6) is 0 Å². The number of imidazole rings is 1. The van der Waals surface area contributed by atoms with E-state index in [0.717, 1.165) is 0 Å². The van der Waals surface area contributed by atoms with Gasteiger partial charge >= 0.3 is 0 Å². The summed E-state index contributed by atoms with van der Waals surface area (Å²) in [7, 11) is 0. The summed E-state index contributed by atoms with van der Waals surface area (Å²) < 4.78 is 2.06. The zero-order chi connectivity index (χ0) is 10.3. The highest BCUT2D eigenvalue weighted by Gasteiger charge is 2.12. The Bertz CT molecular complexity index is 484. The highest BCUT2D eigenvalue weighted by Crippen LogP contribution is 2.21. The topological polar surface area (TPSA) is 63.8 Å². The van der Waals surface area contributed by atoms with Crippen LogP contribution in [0.25, 0.3) is 11.2 Å². The number of rotatable bonds is 1. The molecular formula is C7H6ClIN4O. The molecular weight excluding hydrogens is 318 g/mol. The summed E-state index contributed by atoms with van der Waals surface area (Å²) in [6.07, 6.45) is 0.813. The van der Waals surface area contributed by atoms with Gasteiger partial charge in [-0.2, -0.15) is 0 Å². The predicted molar refractivity (Wildman–Crippen MR) is 60.0 cm³/mol. The van der Waals surface area contributed by atoms with Crippen molar-refractivity contribution < 1.29 is 5.11 Å². The molecule has 1 atom stereocenters. The van der Waals surface area contributed by atoms with Gasteiger partial charge in [0.05, 0.1) is 6.33 Å². The Labute approximate surface area is 98.3 Å². The van der Waals surface area contributed by atoms with E-state index in [2.05, 4.69) is 15.0 Å². The molecule has 5 nitrogen and oxygen atoms in total. The van der Waals surface area contributed by atoms with Gasteiger partial charge in [-0.05, 0) is 6.92 Å². The van der Waals surface area contributed by atoms with Gasteiger partial charge in [-0.15, -0.1) is 0 Å². The van der Waals surface area contributed by atoms with Crippen molar-refractivity contribution in [2.45, 2.75) is 13.2 Å². The Hall–Kier alpha value is -0.470. The number of aliphatic hydroxyl groups is 1. The smallest absolute Gasteiger partial charge is 0.194 e. The molecule has 0 aliphatic carbocycles. The Kier molecular flexibility index (Phi) is 2.58. The molecule has 7 heteroatoms. The Morgan fingerprint density at radius 2 is 2.29 bits per heavy atom. The highest BCUT2D eigenvalue weighted by atomic mass is 127. The van der Waals surface area contributed by atoms with Crippen molar-refractivity contribution in [3.8, 4) is 0 Å². The number of aliphatic hydroxyl groups excluding tert-OH is 1. The lowest BCUT2D eigenvalue weighted by molar-refractivity contribution is 0.128. The van der Waals surface area contributed by atoms with Gasteiger partial charge in [0.2, 0.25) is 0 Å². The first kappa shape index (κ1) is 10.1. The first-order valence-electron chi connectivity index (χ1n) is 3.83. The van der Waals surface area contributed by atoms with Crippen molar-refractivity contribution >= 4 is 45.4 Å². The van der Waals surface area contributed by atoms with Crippen LogP contribution in [0.1, 0.15) is 13.2 Å². The van der Waals surface area contributed by atoms with Crippen molar-refractivity contribution in [2.24, 2.45) is 0 Å². The Morgan fingerprint density at radius 1 is 1.57 bits per heavy atom. The molecule has 2 rings (SSSR count). The third-order valence-corrected chi connectivity index (χ3v) is 2.50. The van der Waals surface area contributed by atoms with Crippen LogP contribution < -0.4 is 0 Å². The summed E-state index contributed by atoms with van der Waals surface area (Å²) in [6.45, 7) is 1.63. The van der Waals surface area contributed by atoms with E-state index in [4.69, 9.17) is 11.6 Å². The number of halogens is 2. The Morgan fingerprint density at radius 3 is 2.93 bits per heavy atom. The van der Waals surface area contributed by atoms with E-state index in [1.54, 1.807) is 6.92 Å². The molecule has 0 bridgehead atoms. The maximum Gasteiger partial charge on any atom is 0.194 e. The van der Waals surface area contributed by atoms with Gasteiger partial charge < -0.3 is 5.11 Å². The standard InChI is InChI=1S/C7H6ClIN4O/c1-3(14)13-2-10-4-5(8)11-7(9)12-6(4)13/h2-3,14H,1H3. The molecule has 2 heterocycles. The highest BCUT2D eigenvalue weighted by molar-refractivity contribution is 14.1. The molecule has 0 saturated heterocycles. The third-order valence-electron chi connectivity index (χ3n) is 1.75. The fraction of sp³-hybridized carbons (Fsp3) is 0.286. The van der Waals surface area contributed by atoms with Crippen molar-refractivity contribution in [2.75, 3.05) is 0 Å².